The van der Waals surface area contributed by atoms with Gasteiger partial charge in [0.1, 0.15) is 0 Å². The zero-order valence-electron chi connectivity index (χ0n) is 9.70. The summed E-state index contributed by atoms with van der Waals surface area (Å²) in [6.07, 6.45) is 2.00. The van der Waals surface area contributed by atoms with Crippen molar-refractivity contribution in [2.75, 3.05) is 13.7 Å². The van der Waals surface area contributed by atoms with Gasteiger partial charge in [-0.2, -0.15) is 0 Å². The van der Waals surface area contributed by atoms with Crippen LogP contribution in [-0.4, -0.2) is 19.8 Å². The standard InChI is InChI=1S/C11H19BrN2OS/c1-8(6-15-2)3-10(14-13)5-11-4-9(12)7-16-11/h4,7-8,10,14H,3,5-6,13H2,1-2H3. The first-order valence-electron chi connectivity index (χ1n) is 5.33. The Balaban J connectivity index is 2.42. The maximum Gasteiger partial charge on any atom is 0.0488 e. The largest absolute Gasteiger partial charge is 0.384 e. The summed E-state index contributed by atoms with van der Waals surface area (Å²) in [7, 11) is 1.73. The molecule has 0 bridgehead atoms. The van der Waals surface area contributed by atoms with E-state index in [9.17, 15) is 0 Å². The summed E-state index contributed by atoms with van der Waals surface area (Å²) < 4.78 is 6.28. The van der Waals surface area contributed by atoms with Gasteiger partial charge >= 0.3 is 0 Å². The summed E-state index contributed by atoms with van der Waals surface area (Å²) in [6.45, 7) is 2.96. The average Bonchev–Trinajstić information content (AvgIpc) is 2.63. The molecule has 0 aliphatic carbocycles. The second-order valence-corrected chi connectivity index (χ2v) is 6.01. The van der Waals surface area contributed by atoms with E-state index in [4.69, 9.17) is 10.6 Å². The highest BCUT2D eigenvalue weighted by Gasteiger charge is 2.13. The van der Waals surface area contributed by atoms with E-state index in [1.165, 1.54) is 4.88 Å². The third-order valence-corrected chi connectivity index (χ3v) is 4.16. The molecule has 2 atom stereocenters. The number of ether oxygens (including phenoxy) is 1. The van der Waals surface area contributed by atoms with Crippen molar-refractivity contribution in [1.29, 1.82) is 0 Å². The van der Waals surface area contributed by atoms with Gasteiger partial charge in [-0.25, -0.2) is 0 Å². The smallest absolute Gasteiger partial charge is 0.0488 e. The van der Waals surface area contributed by atoms with Crippen molar-refractivity contribution >= 4 is 27.3 Å². The van der Waals surface area contributed by atoms with Crippen LogP contribution in [0, 0.1) is 5.92 Å². The minimum atomic E-state index is 0.315. The van der Waals surface area contributed by atoms with Gasteiger partial charge in [-0.1, -0.05) is 6.92 Å². The average molecular weight is 307 g/mol. The molecule has 0 aliphatic rings. The van der Waals surface area contributed by atoms with Crippen molar-refractivity contribution in [1.82, 2.24) is 5.43 Å². The Morgan fingerprint density at radius 1 is 1.62 bits per heavy atom. The summed E-state index contributed by atoms with van der Waals surface area (Å²) in [5.41, 5.74) is 2.88. The first-order valence-corrected chi connectivity index (χ1v) is 7.01. The lowest BCUT2D eigenvalue weighted by Crippen LogP contribution is -2.38. The second kappa shape index (κ2) is 7.40. The van der Waals surface area contributed by atoms with Crippen molar-refractivity contribution in [3.63, 3.8) is 0 Å². The van der Waals surface area contributed by atoms with Crippen LogP contribution in [-0.2, 0) is 11.2 Å². The Bertz CT molecular complexity index is 306. The molecule has 1 aromatic rings. The molecule has 1 rings (SSSR count). The Morgan fingerprint density at radius 2 is 2.38 bits per heavy atom. The molecule has 0 radical (unpaired) electrons. The summed E-state index contributed by atoms with van der Waals surface area (Å²) in [4.78, 5) is 1.35. The van der Waals surface area contributed by atoms with Gasteiger partial charge in [0.2, 0.25) is 0 Å². The predicted molar refractivity (Wildman–Crippen MR) is 72.5 cm³/mol. The van der Waals surface area contributed by atoms with Crippen molar-refractivity contribution in [2.45, 2.75) is 25.8 Å². The molecule has 1 aromatic heterocycles. The lowest BCUT2D eigenvalue weighted by molar-refractivity contribution is 0.149. The van der Waals surface area contributed by atoms with E-state index in [1.54, 1.807) is 18.4 Å². The molecule has 1 heterocycles. The molecular formula is C11H19BrN2OS. The summed E-state index contributed by atoms with van der Waals surface area (Å²) in [6, 6.07) is 2.46. The van der Waals surface area contributed by atoms with Crippen molar-refractivity contribution in [3.05, 3.63) is 20.8 Å². The van der Waals surface area contributed by atoms with E-state index in [0.717, 1.165) is 23.9 Å². The van der Waals surface area contributed by atoms with Crippen molar-refractivity contribution in [2.24, 2.45) is 11.8 Å². The number of hydrogen-bond acceptors (Lipinski definition) is 4. The SMILES string of the molecule is COCC(C)CC(Cc1cc(Br)cs1)NN. The minimum absolute atomic E-state index is 0.315. The van der Waals surface area contributed by atoms with Crippen molar-refractivity contribution < 1.29 is 4.74 Å². The van der Waals surface area contributed by atoms with Crippen LogP contribution in [0.15, 0.2) is 15.9 Å². The molecule has 3 nitrogen and oxygen atoms in total. The lowest BCUT2D eigenvalue weighted by atomic mass is 10.00. The highest BCUT2D eigenvalue weighted by Crippen LogP contribution is 2.22. The molecule has 0 spiro atoms. The van der Waals surface area contributed by atoms with E-state index < -0.39 is 0 Å². The molecule has 5 heteroatoms. The maximum atomic E-state index is 5.57. The highest BCUT2D eigenvalue weighted by molar-refractivity contribution is 9.10. The maximum absolute atomic E-state index is 5.57. The fourth-order valence-corrected chi connectivity index (χ4v) is 3.28. The quantitative estimate of drug-likeness (QED) is 0.601. The van der Waals surface area contributed by atoms with Gasteiger partial charge in [0, 0.05) is 34.5 Å². The molecule has 2 unspecified atom stereocenters. The predicted octanol–water partition coefficient (Wildman–Crippen LogP) is 2.56. The van der Waals surface area contributed by atoms with Gasteiger partial charge in [0.05, 0.1) is 0 Å². The normalized spacial score (nSPS) is 15.0. The molecule has 0 amide bonds. The van der Waals surface area contributed by atoms with Crippen LogP contribution in [0.2, 0.25) is 0 Å². The summed E-state index contributed by atoms with van der Waals surface area (Å²) in [5, 5.41) is 2.10. The molecule has 0 aliphatic heterocycles. The van der Waals surface area contributed by atoms with Crippen molar-refractivity contribution in [3.8, 4) is 0 Å². The van der Waals surface area contributed by atoms with Gasteiger partial charge < -0.3 is 4.74 Å². The van der Waals surface area contributed by atoms with Crippen LogP contribution in [0.1, 0.15) is 18.2 Å². The fraction of sp³-hybridized carbons (Fsp3) is 0.636. The van der Waals surface area contributed by atoms with E-state index in [-0.39, 0.29) is 0 Å². The first kappa shape index (κ1) is 14.1. The molecule has 0 saturated carbocycles. The Kier molecular flexibility index (Phi) is 6.53. The van der Waals surface area contributed by atoms with Crippen LogP contribution in [0.25, 0.3) is 0 Å². The van der Waals surface area contributed by atoms with Crippen LogP contribution < -0.4 is 11.3 Å². The molecular weight excluding hydrogens is 288 g/mol. The van der Waals surface area contributed by atoms with Crippen LogP contribution in [0.4, 0.5) is 0 Å². The Hall–Kier alpha value is 0.0600. The van der Waals surface area contributed by atoms with Gasteiger partial charge in [0.15, 0.2) is 0 Å². The fourth-order valence-electron chi connectivity index (χ4n) is 1.75. The number of methoxy groups -OCH3 is 1. The third kappa shape index (κ3) is 4.93. The number of halogens is 1. The highest BCUT2D eigenvalue weighted by atomic mass is 79.9. The van der Waals surface area contributed by atoms with Crippen LogP contribution in [0.3, 0.4) is 0 Å². The molecule has 0 saturated heterocycles. The lowest BCUT2D eigenvalue weighted by Gasteiger charge is -2.19. The zero-order valence-corrected chi connectivity index (χ0v) is 12.1. The van der Waals surface area contributed by atoms with Gasteiger partial charge in [-0.15, -0.1) is 11.3 Å². The van der Waals surface area contributed by atoms with Gasteiger partial charge in [-0.3, -0.25) is 11.3 Å². The topological polar surface area (TPSA) is 47.3 Å². The Labute approximate surface area is 109 Å². The zero-order chi connectivity index (χ0) is 12.0. The second-order valence-electron chi connectivity index (χ2n) is 4.10. The number of nitrogens with two attached hydrogens (primary N) is 1. The molecule has 16 heavy (non-hydrogen) atoms. The Morgan fingerprint density at radius 3 is 2.88 bits per heavy atom. The van der Waals surface area contributed by atoms with E-state index in [0.29, 0.717) is 12.0 Å². The van der Waals surface area contributed by atoms with E-state index >= 15 is 0 Å². The molecule has 0 aromatic carbocycles. The number of hydrazine groups is 1. The van der Waals surface area contributed by atoms with Gasteiger partial charge in [-0.05, 0) is 40.8 Å². The third-order valence-electron chi connectivity index (χ3n) is 2.44. The van der Waals surface area contributed by atoms with Crippen LogP contribution >= 0.6 is 27.3 Å². The molecule has 3 N–H and O–H groups in total. The monoisotopic (exact) mass is 306 g/mol. The van der Waals surface area contributed by atoms with Crippen LogP contribution in [0.5, 0.6) is 0 Å². The molecule has 0 fully saturated rings. The number of thiophene rings is 1. The number of rotatable bonds is 7. The summed E-state index contributed by atoms with van der Waals surface area (Å²) in [5.74, 6) is 6.10. The summed E-state index contributed by atoms with van der Waals surface area (Å²) >= 11 is 5.22. The number of nitrogens with one attached hydrogen (secondary N) is 1. The van der Waals surface area contributed by atoms with E-state index in [1.807, 2.05) is 0 Å². The van der Waals surface area contributed by atoms with E-state index in [2.05, 4.69) is 39.7 Å². The molecule has 92 valence electrons. The minimum Gasteiger partial charge on any atom is -0.384 e. The first-order chi connectivity index (χ1) is 7.65. The van der Waals surface area contributed by atoms with Gasteiger partial charge in [0.25, 0.3) is 0 Å². The number of hydrogen-bond donors (Lipinski definition) is 2.